The van der Waals surface area contributed by atoms with E-state index in [2.05, 4.69) is 9.62 Å². The normalized spacial score (nSPS) is 18.8. The Labute approximate surface area is 153 Å². The summed E-state index contributed by atoms with van der Waals surface area (Å²) in [4.78, 5) is 2.53. The lowest BCUT2D eigenvalue weighted by Crippen LogP contribution is -2.42. The van der Waals surface area contributed by atoms with Crippen LogP contribution in [0.2, 0.25) is 0 Å². The molecule has 0 bridgehead atoms. The molecule has 2 aromatic carbocycles. The summed E-state index contributed by atoms with van der Waals surface area (Å²) >= 11 is 0. The van der Waals surface area contributed by atoms with E-state index in [1.165, 1.54) is 13.1 Å². The van der Waals surface area contributed by atoms with Crippen LogP contribution >= 0.6 is 0 Å². The van der Waals surface area contributed by atoms with E-state index >= 15 is 0 Å². The van der Waals surface area contributed by atoms with Crippen molar-refractivity contribution in [3.05, 3.63) is 65.5 Å². The van der Waals surface area contributed by atoms with Crippen LogP contribution in [0.1, 0.15) is 11.1 Å². The van der Waals surface area contributed by atoms with Crippen molar-refractivity contribution in [2.24, 2.45) is 0 Å². The van der Waals surface area contributed by atoms with Crippen LogP contribution in [0.5, 0.6) is 0 Å². The predicted molar refractivity (Wildman–Crippen MR) is 97.8 cm³/mol. The molecule has 0 spiro atoms. The lowest BCUT2D eigenvalue weighted by Gasteiger charge is -2.33. The van der Waals surface area contributed by atoms with Gasteiger partial charge in [-0.3, -0.25) is 4.90 Å². The van der Waals surface area contributed by atoms with Crippen LogP contribution in [0.25, 0.3) is 0 Å². The molecule has 1 aliphatic heterocycles. The van der Waals surface area contributed by atoms with Gasteiger partial charge in [-0.05, 0) is 48.9 Å². The number of morpholine rings is 1. The maximum atomic E-state index is 13.3. The number of hydrogen-bond acceptors (Lipinski definition) is 4. The van der Waals surface area contributed by atoms with Crippen molar-refractivity contribution in [1.29, 1.82) is 0 Å². The number of nitrogens with zero attached hydrogens (tertiary/aromatic N) is 1. The third-order valence-corrected chi connectivity index (χ3v) is 5.91. The Hall–Kier alpha value is -1.80. The molecule has 0 radical (unpaired) electrons. The Morgan fingerprint density at radius 1 is 1.19 bits per heavy atom. The van der Waals surface area contributed by atoms with Crippen LogP contribution in [0.15, 0.2) is 53.4 Å². The first kappa shape index (κ1) is 19.0. The fourth-order valence-corrected chi connectivity index (χ4v) is 3.85. The molecule has 1 saturated heterocycles. The summed E-state index contributed by atoms with van der Waals surface area (Å²) in [6, 6.07) is 13.5. The van der Waals surface area contributed by atoms with Gasteiger partial charge in [0.1, 0.15) is 5.82 Å². The highest BCUT2D eigenvalue weighted by atomic mass is 32.2. The van der Waals surface area contributed by atoms with E-state index in [-0.39, 0.29) is 16.8 Å². The summed E-state index contributed by atoms with van der Waals surface area (Å²) in [5, 5.41) is 0. The van der Waals surface area contributed by atoms with Crippen molar-refractivity contribution < 1.29 is 17.5 Å². The zero-order valence-corrected chi connectivity index (χ0v) is 15.5. The van der Waals surface area contributed by atoms with Gasteiger partial charge in [-0.2, -0.15) is 0 Å². The van der Waals surface area contributed by atoms with Crippen molar-refractivity contribution in [2.75, 3.05) is 26.7 Å². The highest BCUT2D eigenvalue weighted by Gasteiger charge is 2.21. The SMILES string of the molecule is CNS(=O)(=O)c1ccc(CN2CCOC(Cc3cccc(F)c3)C2)cc1. The third-order valence-electron chi connectivity index (χ3n) is 4.48. The van der Waals surface area contributed by atoms with E-state index in [0.29, 0.717) is 13.0 Å². The second kappa shape index (κ2) is 8.26. The standard InChI is InChI=1S/C19H23FN2O3S/c1-21-26(23,24)19-7-5-15(6-8-19)13-22-9-10-25-18(14-22)12-16-3-2-4-17(20)11-16/h2-8,11,18,21H,9-10,12-14H2,1H3. The van der Waals surface area contributed by atoms with Crippen molar-refractivity contribution in [3.63, 3.8) is 0 Å². The van der Waals surface area contributed by atoms with Crippen LogP contribution in [-0.2, 0) is 27.7 Å². The molecule has 1 fully saturated rings. The first-order valence-electron chi connectivity index (χ1n) is 8.57. The Morgan fingerprint density at radius 2 is 1.96 bits per heavy atom. The second-order valence-corrected chi connectivity index (χ2v) is 8.30. The molecule has 1 unspecified atom stereocenters. The molecule has 1 heterocycles. The van der Waals surface area contributed by atoms with Crippen LogP contribution in [0, 0.1) is 5.82 Å². The van der Waals surface area contributed by atoms with E-state index in [9.17, 15) is 12.8 Å². The van der Waals surface area contributed by atoms with Gasteiger partial charge in [-0.15, -0.1) is 0 Å². The smallest absolute Gasteiger partial charge is 0.240 e. The molecule has 0 saturated carbocycles. The summed E-state index contributed by atoms with van der Waals surface area (Å²) in [5.41, 5.74) is 1.98. The monoisotopic (exact) mass is 378 g/mol. The summed E-state index contributed by atoms with van der Waals surface area (Å²) in [6.45, 7) is 2.93. The summed E-state index contributed by atoms with van der Waals surface area (Å²) < 4.78 is 45.0. The minimum Gasteiger partial charge on any atom is -0.375 e. The van der Waals surface area contributed by atoms with Gasteiger partial charge in [0, 0.05) is 19.6 Å². The minimum absolute atomic E-state index is 0.0227. The number of sulfonamides is 1. The fourth-order valence-electron chi connectivity index (χ4n) is 3.12. The van der Waals surface area contributed by atoms with Crippen LogP contribution in [0.4, 0.5) is 4.39 Å². The maximum absolute atomic E-state index is 13.3. The van der Waals surface area contributed by atoms with E-state index in [4.69, 9.17) is 4.74 Å². The minimum atomic E-state index is -3.41. The zero-order valence-electron chi connectivity index (χ0n) is 14.7. The predicted octanol–water partition coefficient (Wildman–Crippen LogP) is 2.18. The van der Waals surface area contributed by atoms with E-state index in [1.54, 1.807) is 24.3 Å². The molecule has 26 heavy (non-hydrogen) atoms. The first-order chi connectivity index (χ1) is 12.5. The average molecular weight is 378 g/mol. The van der Waals surface area contributed by atoms with Gasteiger partial charge in [0.2, 0.25) is 10.0 Å². The topological polar surface area (TPSA) is 58.6 Å². The fraction of sp³-hybridized carbons (Fsp3) is 0.368. The Bertz CT molecular complexity index is 840. The number of hydrogen-bond donors (Lipinski definition) is 1. The highest BCUT2D eigenvalue weighted by Crippen LogP contribution is 2.16. The lowest BCUT2D eigenvalue weighted by atomic mass is 10.1. The number of ether oxygens (including phenoxy) is 1. The second-order valence-electron chi connectivity index (χ2n) is 6.41. The molecule has 5 nitrogen and oxygen atoms in total. The number of rotatable bonds is 6. The Balaban J connectivity index is 1.60. The van der Waals surface area contributed by atoms with Gasteiger partial charge < -0.3 is 4.74 Å². The molecule has 1 N–H and O–H groups in total. The van der Waals surface area contributed by atoms with Gasteiger partial charge >= 0.3 is 0 Å². The molecule has 1 atom stereocenters. The quantitative estimate of drug-likeness (QED) is 0.837. The molecule has 1 aliphatic rings. The molecule has 0 aromatic heterocycles. The molecular formula is C19H23FN2O3S. The molecule has 0 amide bonds. The number of nitrogens with one attached hydrogen (secondary N) is 1. The molecular weight excluding hydrogens is 355 g/mol. The van der Waals surface area contributed by atoms with Crippen molar-refractivity contribution in [3.8, 4) is 0 Å². The number of halogens is 1. The molecule has 140 valence electrons. The van der Waals surface area contributed by atoms with E-state index in [1.807, 2.05) is 18.2 Å². The summed E-state index contributed by atoms with van der Waals surface area (Å²) in [6.07, 6.45) is 0.697. The lowest BCUT2D eigenvalue weighted by molar-refractivity contribution is -0.0305. The van der Waals surface area contributed by atoms with Gasteiger partial charge in [0.25, 0.3) is 0 Å². The van der Waals surface area contributed by atoms with E-state index in [0.717, 1.165) is 30.8 Å². The molecule has 3 rings (SSSR count). The Morgan fingerprint density at radius 3 is 2.65 bits per heavy atom. The van der Waals surface area contributed by atoms with Crippen molar-refractivity contribution in [1.82, 2.24) is 9.62 Å². The average Bonchev–Trinajstić information content (AvgIpc) is 2.62. The van der Waals surface area contributed by atoms with Crippen LogP contribution in [0.3, 0.4) is 0 Å². The van der Waals surface area contributed by atoms with Gasteiger partial charge in [0.15, 0.2) is 0 Å². The van der Waals surface area contributed by atoms with Gasteiger partial charge in [-0.25, -0.2) is 17.5 Å². The maximum Gasteiger partial charge on any atom is 0.240 e. The zero-order chi connectivity index (χ0) is 18.6. The van der Waals surface area contributed by atoms with Crippen molar-refractivity contribution in [2.45, 2.75) is 24.0 Å². The molecule has 2 aromatic rings. The molecule has 7 heteroatoms. The van der Waals surface area contributed by atoms with Crippen LogP contribution < -0.4 is 4.72 Å². The van der Waals surface area contributed by atoms with Crippen LogP contribution in [-0.4, -0.2) is 46.2 Å². The molecule has 0 aliphatic carbocycles. The number of benzene rings is 2. The summed E-state index contributed by atoms with van der Waals surface area (Å²) in [7, 11) is -2.01. The van der Waals surface area contributed by atoms with Gasteiger partial charge in [0.05, 0.1) is 17.6 Å². The summed E-state index contributed by atoms with van der Waals surface area (Å²) in [5.74, 6) is -0.230. The van der Waals surface area contributed by atoms with E-state index < -0.39 is 10.0 Å². The third kappa shape index (κ3) is 4.88. The highest BCUT2D eigenvalue weighted by molar-refractivity contribution is 7.89. The largest absolute Gasteiger partial charge is 0.375 e. The van der Waals surface area contributed by atoms with Gasteiger partial charge in [-0.1, -0.05) is 24.3 Å². The van der Waals surface area contributed by atoms with Crippen molar-refractivity contribution >= 4 is 10.0 Å². The first-order valence-corrected chi connectivity index (χ1v) is 10.1. The Kier molecular flexibility index (Phi) is 6.03.